The van der Waals surface area contributed by atoms with Crippen LogP contribution in [0.2, 0.25) is 0 Å². The molecule has 0 atom stereocenters. The molecular weight excluding hydrogens is 318 g/mol. The van der Waals surface area contributed by atoms with Crippen molar-refractivity contribution in [2.75, 3.05) is 0 Å². The van der Waals surface area contributed by atoms with E-state index in [2.05, 4.69) is 0 Å². The zero-order valence-electron chi connectivity index (χ0n) is 14.8. The lowest BCUT2D eigenvalue weighted by molar-refractivity contribution is -0.139. The Balaban J connectivity index is 1.60. The normalized spacial score (nSPS) is 25.8. The van der Waals surface area contributed by atoms with Gasteiger partial charge in [-0.25, -0.2) is 0 Å². The molecule has 134 valence electrons. The number of carbonyl (C=O) groups excluding carboxylic acids is 2. The minimum absolute atomic E-state index is 0.00299. The molecule has 0 N–H and O–H groups in total. The number of rotatable bonds is 3. The van der Waals surface area contributed by atoms with E-state index < -0.39 is 0 Å². The molecule has 4 heteroatoms. The second kappa shape index (κ2) is 9.07. The molecule has 0 spiro atoms. The van der Waals surface area contributed by atoms with Crippen LogP contribution in [0.3, 0.4) is 0 Å². The first-order valence-corrected chi connectivity index (χ1v) is 10.9. The van der Waals surface area contributed by atoms with Crippen LogP contribution in [0, 0.1) is 0 Å². The third kappa shape index (κ3) is 4.65. The Hall–Kier alpha value is -0.770. The highest BCUT2D eigenvalue weighted by Crippen LogP contribution is 2.36. The molecule has 0 aromatic heterocycles. The number of thioether (sulfide) groups is 1. The molecule has 0 unspecified atom stereocenters. The average Bonchev–Trinajstić information content (AvgIpc) is 2.71. The number of nitrogens with zero attached hydrogens (tertiary/aromatic N) is 1. The summed E-state index contributed by atoms with van der Waals surface area (Å²) < 4.78 is 0. The van der Waals surface area contributed by atoms with Crippen molar-refractivity contribution in [2.24, 2.45) is 0 Å². The minimum Gasteiger partial charge on any atom is -0.271 e. The molecule has 0 aromatic rings. The topological polar surface area (TPSA) is 37.4 Å². The quantitative estimate of drug-likeness (QED) is 0.519. The Morgan fingerprint density at radius 1 is 0.750 bits per heavy atom. The van der Waals surface area contributed by atoms with E-state index in [0.717, 1.165) is 25.7 Å². The van der Waals surface area contributed by atoms with E-state index in [1.165, 1.54) is 64.2 Å². The molecule has 1 heterocycles. The molecular formula is C20H31NO2S. The monoisotopic (exact) mass is 349 g/mol. The van der Waals surface area contributed by atoms with Crippen molar-refractivity contribution >= 4 is 23.6 Å². The molecule has 3 aliphatic rings. The van der Waals surface area contributed by atoms with Crippen LogP contribution in [0.4, 0.5) is 0 Å². The summed E-state index contributed by atoms with van der Waals surface area (Å²) in [6.07, 6.45) is 18.6. The highest BCUT2D eigenvalue weighted by Gasteiger charge is 2.37. The summed E-state index contributed by atoms with van der Waals surface area (Å²) in [7, 11) is 0. The fourth-order valence-electron chi connectivity index (χ4n) is 4.30. The Bertz CT molecular complexity index is 470. The van der Waals surface area contributed by atoms with Crippen LogP contribution < -0.4 is 0 Å². The van der Waals surface area contributed by atoms with Crippen molar-refractivity contribution in [3.05, 3.63) is 11.0 Å². The maximum Gasteiger partial charge on any atom is 0.267 e. The third-order valence-corrected chi connectivity index (χ3v) is 7.06. The summed E-state index contributed by atoms with van der Waals surface area (Å²) in [6.45, 7) is 0. The fraction of sp³-hybridized carbons (Fsp3) is 0.800. The van der Waals surface area contributed by atoms with E-state index in [1.54, 1.807) is 22.7 Å². The first-order chi connectivity index (χ1) is 11.8. The Morgan fingerprint density at radius 3 is 1.83 bits per heavy atom. The summed E-state index contributed by atoms with van der Waals surface area (Å²) >= 11 is 1.69. The van der Waals surface area contributed by atoms with Crippen LogP contribution in [0.25, 0.3) is 0 Å². The van der Waals surface area contributed by atoms with Crippen molar-refractivity contribution in [1.29, 1.82) is 0 Å². The van der Waals surface area contributed by atoms with Gasteiger partial charge in [0.15, 0.2) is 0 Å². The van der Waals surface area contributed by atoms with Crippen LogP contribution in [-0.2, 0) is 9.59 Å². The van der Waals surface area contributed by atoms with Gasteiger partial charge in [-0.2, -0.15) is 0 Å². The van der Waals surface area contributed by atoms with Gasteiger partial charge in [0.1, 0.15) is 0 Å². The standard InChI is InChI=1S/C20H31NO2S/c22-19-15-18(24-17-13-9-3-1-2-4-10-14-17)20(23)21(19)16-11-7-5-6-8-12-16/h15-17H,1-14H2. The van der Waals surface area contributed by atoms with Gasteiger partial charge in [-0.15, -0.1) is 11.8 Å². The minimum atomic E-state index is -0.0579. The molecule has 1 aliphatic heterocycles. The fourth-order valence-corrected chi connectivity index (χ4v) is 5.60. The molecule has 3 nitrogen and oxygen atoms in total. The van der Waals surface area contributed by atoms with E-state index in [1.807, 2.05) is 0 Å². The summed E-state index contributed by atoms with van der Waals surface area (Å²) in [6, 6.07) is 0.141. The van der Waals surface area contributed by atoms with Gasteiger partial charge < -0.3 is 0 Å². The zero-order valence-corrected chi connectivity index (χ0v) is 15.6. The summed E-state index contributed by atoms with van der Waals surface area (Å²) in [5.41, 5.74) is 0. The van der Waals surface area contributed by atoms with Gasteiger partial charge in [-0.05, 0) is 25.7 Å². The van der Waals surface area contributed by atoms with Gasteiger partial charge in [-0.3, -0.25) is 14.5 Å². The second-order valence-corrected chi connectivity index (χ2v) is 8.95. The van der Waals surface area contributed by atoms with Gasteiger partial charge in [0, 0.05) is 17.4 Å². The van der Waals surface area contributed by atoms with Gasteiger partial charge >= 0.3 is 0 Å². The average molecular weight is 350 g/mol. The highest BCUT2D eigenvalue weighted by atomic mass is 32.2. The Morgan fingerprint density at radius 2 is 1.25 bits per heavy atom. The number of hydrogen-bond donors (Lipinski definition) is 0. The van der Waals surface area contributed by atoms with Gasteiger partial charge in [-0.1, -0.05) is 64.2 Å². The van der Waals surface area contributed by atoms with E-state index in [9.17, 15) is 9.59 Å². The summed E-state index contributed by atoms with van der Waals surface area (Å²) in [4.78, 5) is 27.6. The van der Waals surface area contributed by atoms with Crippen LogP contribution in [0.1, 0.15) is 89.9 Å². The SMILES string of the molecule is O=C1C=C(SC2CCCCCCCC2)C(=O)N1C1CCCCCC1. The molecule has 0 aromatic carbocycles. The Kier molecular flexibility index (Phi) is 6.82. The zero-order chi connectivity index (χ0) is 16.8. The molecule has 2 aliphatic carbocycles. The van der Waals surface area contributed by atoms with Crippen LogP contribution >= 0.6 is 11.8 Å². The lowest BCUT2D eigenvalue weighted by atomic mass is 10.1. The molecule has 0 saturated heterocycles. The molecule has 2 amide bonds. The lowest BCUT2D eigenvalue weighted by Crippen LogP contribution is -2.40. The third-order valence-electron chi connectivity index (χ3n) is 5.71. The lowest BCUT2D eigenvalue weighted by Gasteiger charge is -2.25. The number of hydrogen-bond acceptors (Lipinski definition) is 3. The van der Waals surface area contributed by atoms with Crippen molar-refractivity contribution in [3.8, 4) is 0 Å². The molecule has 0 bridgehead atoms. The van der Waals surface area contributed by atoms with Crippen LogP contribution in [-0.4, -0.2) is 28.0 Å². The molecule has 3 rings (SSSR count). The predicted octanol–water partition coefficient (Wildman–Crippen LogP) is 5.20. The summed E-state index contributed by atoms with van der Waals surface area (Å²) in [5.74, 6) is -0.0609. The molecule has 24 heavy (non-hydrogen) atoms. The maximum absolute atomic E-state index is 12.8. The first-order valence-electron chi connectivity index (χ1n) is 10.0. The number of amides is 2. The summed E-state index contributed by atoms with van der Waals surface area (Å²) in [5, 5.41) is 0.514. The van der Waals surface area contributed by atoms with Gasteiger partial charge in [0.2, 0.25) is 0 Å². The van der Waals surface area contributed by atoms with Crippen molar-refractivity contribution < 1.29 is 9.59 Å². The number of imide groups is 1. The van der Waals surface area contributed by atoms with Gasteiger partial charge in [0.05, 0.1) is 4.91 Å². The predicted molar refractivity (Wildman–Crippen MR) is 99.7 cm³/mol. The van der Waals surface area contributed by atoms with E-state index in [4.69, 9.17) is 0 Å². The molecule has 2 fully saturated rings. The van der Waals surface area contributed by atoms with Crippen molar-refractivity contribution in [3.63, 3.8) is 0 Å². The smallest absolute Gasteiger partial charge is 0.267 e. The van der Waals surface area contributed by atoms with Crippen molar-refractivity contribution in [2.45, 2.75) is 101 Å². The number of carbonyl (C=O) groups is 2. The molecule has 2 saturated carbocycles. The van der Waals surface area contributed by atoms with Crippen LogP contribution in [0.15, 0.2) is 11.0 Å². The van der Waals surface area contributed by atoms with Crippen molar-refractivity contribution in [1.82, 2.24) is 4.90 Å². The second-order valence-electron chi connectivity index (χ2n) is 7.61. The Labute approximate surface area is 150 Å². The van der Waals surface area contributed by atoms with Gasteiger partial charge in [0.25, 0.3) is 11.8 Å². The highest BCUT2D eigenvalue weighted by molar-refractivity contribution is 8.04. The maximum atomic E-state index is 12.8. The van der Waals surface area contributed by atoms with Crippen LogP contribution in [0.5, 0.6) is 0 Å². The van der Waals surface area contributed by atoms with E-state index in [0.29, 0.717) is 10.2 Å². The first kappa shape index (κ1) is 18.0. The largest absolute Gasteiger partial charge is 0.271 e. The van der Waals surface area contributed by atoms with E-state index >= 15 is 0 Å². The molecule has 0 radical (unpaired) electrons. The van der Waals surface area contributed by atoms with E-state index in [-0.39, 0.29) is 17.9 Å².